The lowest BCUT2D eigenvalue weighted by molar-refractivity contribution is 0.0142. The van der Waals surface area contributed by atoms with Gasteiger partial charge in [0.2, 0.25) is 0 Å². The number of hydrogen-bond acceptors (Lipinski definition) is 12. The first-order chi connectivity index (χ1) is 26.7. The van der Waals surface area contributed by atoms with Crippen LogP contribution in [-0.4, -0.2) is 151 Å². The highest BCUT2D eigenvalue weighted by Crippen LogP contribution is 2.29. The van der Waals surface area contributed by atoms with Crippen LogP contribution in [0, 0.1) is 0 Å². The summed E-state index contributed by atoms with van der Waals surface area (Å²) in [6, 6.07) is -0.552. The first-order valence-corrected chi connectivity index (χ1v) is 24.6. The van der Waals surface area contributed by atoms with E-state index in [2.05, 4.69) is 0 Å². The van der Waals surface area contributed by atoms with E-state index in [9.17, 15) is 9.59 Å². The summed E-state index contributed by atoms with van der Waals surface area (Å²) in [7, 11) is -7.23. The molecule has 0 aromatic rings. The van der Waals surface area contributed by atoms with E-state index in [-0.39, 0.29) is 12.1 Å². The Morgan fingerprint density at radius 1 is 0.536 bits per heavy atom. The van der Waals surface area contributed by atoms with E-state index in [1.165, 1.54) is 0 Å². The summed E-state index contributed by atoms with van der Waals surface area (Å²) < 4.78 is 41.8. The van der Waals surface area contributed by atoms with Gasteiger partial charge >= 0.3 is 30.0 Å². The van der Waals surface area contributed by atoms with Crippen LogP contribution in [0.3, 0.4) is 0 Å². The zero-order valence-electron chi connectivity index (χ0n) is 37.0. The molecule has 0 atom stereocenters. The van der Waals surface area contributed by atoms with Crippen LogP contribution in [0.25, 0.3) is 0 Å². The Bertz CT molecular complexity index is 1150. The standard InChI is InChI=1S/C38H76N8O8Si2/c1-13-23-45(55(49-27-15-3,50-28-16-4)51-29-17-5)35(47)43-25-21-39-33(43)37(9,10)41-42-38(11,12)34-40-22-26-44(34)36(48)46(24-14-2)56(52-30-18-6,53-31-19-7)54-32-20-8/h13-32H2,1-12H3. The van der Waals surface area contributed by atoms with Crippen LogP contribution in [0.5, 0.6) is 0 Å². The number of amides is 4. The van der Waals surface area contributed by atoms with Crippen LogP contribution in [0.1, 0.15) is 134 Å². The van der Waals surface area contributed by atoms with Crippen molar-refractivity contribution in [1.82, 2.24) is 18.9 Å². The predicted octanol–water partition coefficient (Wildman–Crippen LogP) is 7.52. The third-order valence-electron chi connectivity index (χ3n) is 8.74. The largest absolute Gasteiger partial charge is 0.637 e. The third kappa shape index (κ3) is 13.1. The van der Waals surface area contributed by atoms with Crippen LogP contribution in [0.15, 0.2) is 20.2 Å². The summed E-state index contributed by atoms with van der Waals surface area (Å²) in [6.07, 6.45) is 5.92. The first-order valence-electron chi connectivity index (χ1n) is 21.3. The fourth-order valence-corrected chi connectivity index (χ4v) is 12.1. The molecular formula is C38H76N8O8Si2. The van der Waals surface area contributed by atoms with Gasteiger partial charge < -0.3 is 26.6 Å². The molecule has 0 saturated heterocycles. The van der Waals surface area contributed by atoms with E-state index >= 15 is 0 Å². The Hall–Kier alpha value is -2.33. The normalized spacial score (nSPS) is 15.6. The zero-order valence-corrected chi connectivity index (χ0v) is 39.0. The minimum absolute atomic E-state index is 0.276. The Labute approximate surface area is 340 Å². The molecule has 0 fully saturated rings. The summed E-state index contributed by atoms with van der Waals surface area (Å²) in [5.74, 6) is 0.987. The Morgan fingerprint density at radius 3 is 1.04 bits per heavy atom. The van der Waals surface area contributed by atoms with E-state index in [4.69, 9.17) is 46.8 Å². The van der Waals surface area contributed by atoms with E-state index in [1.807, 2.05) is 83.1 Å². The van der Waals surface area contributed by atoms with Crippen molar-refractivity contribution in [3.63, 3.8) is 0 Å². The maximum atomic E-state index is 14.7. The summed E-state index contributed by atoms with van der Waals surface area (Å²) in [5.41, 5.74) is -2.02. The molecule has 56 heavy (non-hydrogen) atoms. The second-order valence-electron chi connectivity index (χ2n) is 15.0. The quantitative estimate of drug-likeness (QED) is 0.0581. The molecule has 0 spiro atoms. The van der Waals surface area contributed by atoms with Gasteiger partial charge in [0.1, 0.15) is 22.7 Å². The molecule has 0 bridgehead atoms. The Morgan fingerprint density at radius 2 is 0.804 bits per heavy atom. The number of nitrogens with zero attached hydrogens (tertiary/aromatic N) is 8. The fourth-order valence-electron chi connectivity index (χ4n) is 6.20. The number of aliphatic imine (C=N–C) groups is 2. The molecule has 18 heteroatoms. The molecule has 2 rings (SSSR count). The molecule has 2 heterocycles. The molecule has 16 nitrogen and oxygen atoms in total. The summed E-state index contributed by atoms with van der Waals surface area (Å²) in [6.45, 7) is 28.7. The predicted molar refractivity (Wildman–Crippen MR) is 225 cm³/mol. The highest BCUT2D eigenvalue weighted by molar-refractivity contribution is 6.61. The highest BCUT2D eigenvalue weighted by atomic mass is 28.4. The van der Waals surface area contributed by atoms with E-state index < -0.39 is 29.0 Å². The lowest BCUT2D eigenvalue weighted by atomic mass is 10.0. The Kier molecular flexibility index (Phi) is 21.8. The van der Waals surface area contributed by atoms with Gasteiger partial charge in [0.15, 0.2) is 0 Å². The van der Waals surface area contributed by atoms with Gasteiger partial charge in [-0.3, -0.25) is 28.9 Å². The fraction of sp³-hybridized carbons (Fsp3) is 0.895. The minimum Gasteiger partial charge on any atom is -0.356 e. The molecule has 0 aromatic heterocycles. The summed E-state index contributed by atoms with van der Waals surface area (Å²) in [4.78, 5) is 42.2. The number of hydrogen-bond donors (Lipinski definition) is 0. The van der Waals surface area contributed by atoms with Gasteiger partial charge in [0.25, 0.3) is 0 Å². The molecule has 0 radical (unpaired) electrons. The van der Waals surface area contributed by atoms with Crippen molar-refractivity contribution in [1.29, 1.82) is 0 Å². The van der Waals surface area contributed by atoms with E-state index in [1.54, 1.807) is 18.9 Å². The number of carbonyl (C=O) groups excluding carboxylic acids is 2. The van der Waals surface area contributed by atoms with Crippen LogP contribution in [0.4, 0.5) is 9.59 Å². The molecule has 0 unspecified atom stereocenters. The van der Waals surface area contributed by atoms with Crippen molar-refractivity contribution in [3.05, 3.63) is 0 Å². The van der Waals surface area contributed by atoms with Gasteiger partial charge in [0, 0.05) is 65.8 Å². The highest BCUT2D eigenvalue weighted by Gasteiger charge is 2.56. The van der Waals surface area contributed by atoms with E-state index in [0.29, 0.717) is 103 Å². The number of amidine groups is 2. The number of urea groups is 2. The Balaban J connectivity index is 2.48. The van der Waals surface area contributed by atoms with Crippen molar-refractivity contribution < 1.29 is 36.1 Å². The van der Waals surface area contributed by atoms with E-state index in [0.717, 1.165) is 38.5 Å². The second kappa shape index (κ2) is 24.6. The summed E-state index contributed by atoms with van der Waals surface area (Å²) in [5, 5.41) is 9.70. The average molecular weight is 829 g/mol. The smallest absolute Gasteiger partial charge is 0.356 e. The number of carbonyl (C=O) groups is 2. The van der Waals surface area contributed by atoms with Crippen LogP contribution in [-0.2, 0) is 26.6 Å². The maximum Gasteiger partial charge on any atom is 0.637 e. The maximum absolute atomic E-state index is 14.7. The first kappa shape index (κ1) is 49.8. The number of azo groups is 1. The molecule has 2 aliphatic rings. The molecule has 0 saturated carbocycles. The number of rotatable bonds is 28. The van der Waals surface area contributed by atoms with Crippen molar-refractivity contribution in [2.24, 2.45) is 20.2 Å². The molecule has 0 N–H and O–H groups in total. The van der Waals surface area contributed by atoms with Crippen molar-refractivity contribution in [2.45, 2.75) is 146 Å². The van der Waals surface area contributed by atoms with Crippen molar-refractivity contribution in [2.75, 3.05) is 78.9 Å². The molecule has 0 aromatic carbocycles. The van der Waals surface area contributed by atoms with Gasteiger partial charge in [-0.1, -0.05) is 55.4 Å². The van der Waals surface area contributed by atoms with Gasteiger partial charge in [-0.25, -0.2) is 9.59 Å². The zero-order chi connectivity index (χ0) is 41.8. The van der Waals surface area contributed by atoms with Gasteiger partial charge in [-0.05, 0) is 79.1 Å². The van der Waals surface area contributed by atoms with Crippen LogP contribution >= 0.6 is 0 Å². The average Bonchev–Trinajstić information content (AvgIpc) is 3.90. The van der Waals surface area contributed by atoms with Gasteiger partial charge in [-0.2, -0.15) is 10.2 Å². The lowest BCUT2D eigenvalue weighted by Crippen LogP contribution is -2.67. The molecular weight excluding hydrogens is 753 g/mol. The van der Waals surface area contributed by atoms with Crippen molar-refractivity contribution >= 4 is 41.7 Å². The van der Waals surface area contributed by atoms with Gasteiger partial charge in [-0.15, -0.1) is 0 Å². The monoisotopic (exact) mass is 829 g/mol. The summed E-state index contributed by atoms with van der Waals surface area (Å²) >= 11 is 0. The topological polar surface area (TPSA) is 152 Å². The third-order valence-corrected chi connectivity index (χ3v) is 14.3. The molecule has 4 amide bonds. The lowest BCUT2D eigenvalue weighted by Gasteiger charge is -2.41. The SMILES string of the molecule is CCCO[Si](OCCC)(OCCC)N(CCC)C(=O)N1CCN=C1C(C)(C)N=NC(C)(C)C1=NCCN1C(=O)N(CCC)[Si](OCCC)(OCCC)OCCC. The van der Waals surface area contributed by atoms with Crippen molar-refractivity contribution in [3.8, 4) is 0 Å². The molecule has 0 aliphatic carbocycles. The second-order valence-corrected chi connectivity index (χ2v) is 19.9. The van der Waals surface area contributed by atoms with Crippen LogP contribution in [0.2, 0.25) is 0 Å². The van der Waals surface area contributed by atoms with Gasteiger partial charge in [0.05, 0.1) is 13.1 Å². The molecule has 2 aliphatic heterocycles. The van der Waals surface area contributed by atoms with Crippen LogP contribution < -0.4 is 0 Å². The minimum atomic E-state index is -3.61. The molecule has 324 valence electrons.